The molecule has 2 saturated heterocycles. The van der Waals surface area contributed by atoms with Gasteiger partial charge >= 0.3 is 0 Å². The zero-order valence-corrected chi connectivity index (χ0v) is 19.9. The van der Waals surface area contributed by atoms with Gasteiger partial charge in [-0.1, -0.05) is 0 Å². The van der Waals surface area contributed by atoms with Crippen molar-refractivity contribution in [2.24, 2.45) is 4.99 Å². The maximum Gasteiger partial charge on any atom is 0.261 e. The summed E-state index contributed by atoms with van der Waals surface area (Å²) in [6, 6.07) is 7.96. The Hall–Kier alpha value is -3.82. The maximum absolute atomic E-state index is 13.4. The lowest BCUT2D eigenvalue weighted by molar-refractivity contribution is -0.140. The number of rotatable bonds is 6. The molecule has 3 heterocycles. The molecule has 10 heteroatoms. The van der Waals surface area contributed by atoms with E-state index in [2.05, 4.69) is 15.6 Å². The third-order valence-corrected chi connectivity index (χ3v) is 6.19. The summed E-state index contributed by atoms with van der Waals surface area (Å²) in [6.07, 6.45) is 6.87. The molecule has 2 fully saturated rings. The smallest absolute Gasteiger partial charge is 0.261 e. The van der Waals surface area contributed by atoms with Crippen LogP contribution < -0.4 is 15.4 Å². The van der Waals surface area contributed by atoms with Crippen LogP contribution in [0.5, 0.6) is 5.75 Å². The number of aliphatic imine (C=N–C) groups is 1. The van der Waals surface area contributed by atoms with E-state index in [0.29, 0.717) is 30.0 Å². The highest BCUT2D eigenvalue weighted by Gasteiger charge is 2.30. The van der Waals surface area contributed by atoms with Gasteiger partial charge in [-0.3, -0.25) is 19.7 Å². The van der Waals surface area contributed by atoms with Gasteiger partial charge in [-0.25, -0.2) is 4.99 Å². The minimum absolute atomic E-state index is 0.0229. The highest BCUT2D eigenvalue weighted by Crippen LogP contribution is 2.18. The van der Waals surface area contributed by atoms with Gasteiger partial charge in [0.2, 0.25) is 17.8 Å². The number of methoxy groups -OCH3 is 1. The lowest BCUT2D eigenvalue weighted by Crippen LogP contribution is -2.45. The topological polar surface area (TPSA) is 116 Å². The van der Waals surface area contributed by atoms with E-state index in [-0.39, 0.29) is 24.3 Å². The second-order valence-electron chi connectivity index (χ2n) is 8.66. The number of furan rings is 1. The molecule has 186 valence electrons. The molecule has 1 aromatic carbocycles. The van der Waals surface area contributed by atoms with E-state index < -0.39 is 11.9 Å². The molecule has 4 rings (SSSR count). The molecule has 0 saturated carbocycles. The number of likely N-dealkylation sites (tertiary alicyclic amines) is 2. The van der Waals surface area contributed by atoms with Gasteiger partial charge in [-0.15, -0.1) is 0 Å². The summed E-state index contributed by atoms with van der Waals surface area (Å²) in [7, 11) is 1.58. The number of carbonyl (C=O) groups is 3. The van der Waals surface area contributed by atoms with Crippen LogP contribution in [0.15, 0.2) is 52.3 Å². The third kappa shape index (κ3) is 6.40. The van der Waals surface area contributed by atoms with Crippen LogP contribution in [0.4, 0.5) is 5.69 Å². The van der Waals surface area contributed by atoms with Gasteiger partial charge in [0.25, 0.3) is 5.91 Å². The maximum atomic E-state index is 13.4. The molecule has 2 aromatic rings. The SMILES string of the molecule is COc1ccc(NC(=N[C@H]2CCCCN(CC(=O)N3CCCC3)C2=O)NC(=O)c2ccoc2)cc1. The fourth-order valence-electron chi connectivity index (χ4n) is 4.23. The first-order valence-electron chi connectivity index (χ1n) is 11.9. The molecule has 3 amide bonds. The number of carbonyl (C=O) groups excluding carboxylic acids is 3. The summed E-state index contributed by atoms with van der Waals surface area (Å²) in [5.41, 5.74) is 0.999. The normalized spacial score (nSPS) is 18.8. The number of amides is 3. The molecule has 2 aliphatic heterocycles. The highest BCUT2D eigenvalue weighted by molar-refractivity contribution is 6.10. The Balaban J connectivity index is 1.53. The zero-order valence-electron chi connectivity index (χ0n) is 19.9. The largest absolute Gasteiger partial charge is 0.497 e. The van der Waals surface area contributed by atoms with E-state index in [1.54, 1.807) is 42.3 Å². The summed E-state index contributed by atoms with van der Waals surface area (Å²) in [6.45, 7) is 2.08. The van der Waals surface area contributed by atoms with Crippen molar-refractivity contribution in [1.82, 2.24) is 15.1 Å². The standard InChI is InChI=1S/C25H31N5O5/c1-34-20-9-7-19(8-10-20)26-25(28-23(32)18-11-15-35-17-18)27-21-6-2-3-14-30(24(21)33)16-22(31)29-12-4-5-13-29/h7-11,15,17,21H,2-6,12-14,16H2,1H3,(H2,26,27,28,32)/t21-/m0/s1. The molecule has 0 aliphatic carbocycles. The molecule has 1 aromatic heterocycles. The second-order valence-corrected chi connectivity index (χ2v) is 8.66. The van der Waals surface area contributed by atoms with Crippen molar-refractivity contribution in [3.05, 3.63) is 48.4 Å². The molecule has 35 heavy (non-hydrogen) atoms. The van der Waals surface area contributed by atoms with Crippen LogP contribution in [0.1, 0.15) is 42.5 Å². The quantitative estimate of drug-likeness (QED) is 0.484. The van der Waals surface area contributed by atoms with Crippen LogP contribution in [0.25, 0.3) is 0 Å². The molecule has 2 aliphatic rings. The van der Waals surface area contributed by atoms with E-state index in [0.717, 1.165) is 38.8 Å². The fourth-order valence-corrected chi connectivity index (χ4v) is 4.23. The van der Waals surface area contributed by atoms with Crippen molar-refractivity contribution in [3.63, 3.8) is 0 Å². The van der Waals surface area contributed by atoms with E-state index in [9.17, 15) is 14.4 Å². The van der Waals surface area contributed by atoms with Crippen LogP contribution in [0, 0.1) is 0 Å². The Kier molecular flexibility index (Phi) is 8.02. The number of hydrogen-bond acceptors (Lipinski definition) is 6. The summed E-state index contributed by atoms with van der Waals surface area (Å²) in [5, 5.41) is 5.85. The van der Waals surface area contributed by atoms with Crippen molar-refractivity contribution in [2.75, 3.05) is 38.6 Å². The first kappa shape index (κ1) is 24.3. The van der Waals surface area contributed by atoms with E-state index in [4.69, 9.17) is 9.15 Å². The minimum Gasteiger partial charge on any atom is -0.497 e. The van der Waals surface area contributed by atoms with Crippen LogP contribution in [0.2, 0.25) is 0 Å². The van der Waals surface area contributed by atoms with Crippen molar-refractivity contribution in [3.8, 4) is 5.75 Å². The first-order chi connectivity index (χ1) is 17.0. The third-order valence-electron chi connectivity index (χ3n) is 6.19. The van der Waals surface area contributed by atoms with Crippen molar-refractivity contribution in [2.45, 2.75) is 38.1 Å². The number of benzene rings is 1. The van der Waals surface area contributed by atoms with E-state index >= 15 is 0 Å². The van der Waals surface area contributed by atoms with Crippen molar-refractivity contribution in [1.29, 1.82) is 0 Å². The molecule has 0 spiro atoms. The molecule has 0 radical (unpaired) electrons. The number of guanidine groups is 1. The molecule has 0 unspecified atom stereocenters. The Bertz CT molecular complexity index is 1040. The van der Waals surface area contributed by atoms with Crippen molar-refractivity contribution >= 4 is 29.4 Å². The molecule has 10 nitrogen and oxygen atoms in total. The second kappa shape index (κ2) is 11.5. The van der Waals surface area contributed by atoms with E-state index in [1.807, 2.05) is 4.90 Å². The van der Waals surface area contributed by atoms with Gasteiger partial charge in [0.15, 0.2) is 0 Å². The molecular formula is C25H31N5O5. The number of nitrogens with one attached hydrogen (secondary N) is 2. The molecule has 1 atom stereocenters. The van der Waals surface area contributed by atoms with Crippen LogP contribution in [0.3, 0.4) is 0 Å². The van der Waals surface area contributed by atoms with Gasteiger partial charge < -0.3 is 24.3 Å². The summed E-state index contributed by atoms with van der Waals surface area (Å²) < 4.78 is 10.2. The van der Waals surface area contributed by atoms with Gasteiger partial charge in [0.05, 0.1) is 25.5 Å². The summed E-state index contributed by atoms with van der Waals surface area (Å²) in [5.74, 6) is 0.189. The number of anilines is 1. The van der Waals surface area contributed by atoms with Crippen LogP contribution in [-0.4, -0.2) is 72.8 Å². The predicted molar refractivity (Wildman–Crippen MR) is 130 cm³/mol. The average Bonchev–Trinajstić information content (AvgIpc) is 3.57. The number of hydrogen-bond donors (Lipinski definition) is 2. The van der Waals surface area contributed by atoms with Gasteiger partial charge in [-0.05, 0) is 62.4 Å². The van der Waals surface area contributed by atoms with Crippen LogP contribution >= 0.6 is 0 Å². The predicted octanol–water partition coefficient (Wildman–Crippen LogP) is 2.49. The Morgan fingerprint density at radius 3 is 2.51 bits per heavy atom. The van der Waals surface area contributed by atoms with Crippen LogP contribution in [-0.2, 0) is 9.59 Å². The highest BCUT2D eigenvalue weighted by atomic mass is 16.5. The monoisotopic (exact) mass is 481 g/mol. The van der Waals surface area contributed by atoms with Crippen molar-refractivity contribution < 1.29 is 23.5 Å². The first-order valence-corrected chi connectivity index (χ1v) is 11.9. The lowest BCUT2D eigenvalue weighted by Gasteiger charge is -2.25. The van der Waals surface area contributed by atoms with Gasteiger partial charge in [0.1, 0.15) is 18.1 Å². The number of ether oxygens (including phenoxy) is 1. The summed E-state index contributed by atoms with van der Waals surface area (Å²) >= 11 is 0. The van der Waals surface area contributed by atoms with Gasteiger partial charge in [-0.2, -0.15) is 0 Å². The number of nitrogens with zero attached hydrogens (tertiary/aromatic N) is 3. The molecule has 2 N–H and O–H groups in total. The fraction of sp³-hybridized carbons (Fsp3) is 0.440. The van der Waals surface area contributed by atoms with Gasteiger partial charge in [0, 0.05) is 25.3 Å². The molecular weight excluding hydrogens is 450 g/mol. The minimum atomic E-state index is -0.714. The Morgan fingerprint density at radius 1 is 1.09 bits per heavy atom. The average molecular weight is 482 g/mol. The lowest BCUT2D eigenvalue weighted by atomic mass is 10.1. The Morgan fingerprint density at radius 2 is 1.83 bits per heavy atom. The van der Waals surface area contributed by atoms with E-state index in [1.165, 1.54) is 12.5 Å². The summed E-state index contributed by atoms with van der Waals surface area (Å²) in [4.78, 5) is 46.8. The molecule has 0 bridgehead atoms. The Labute approximate surface area is 204 Å². The zero-order chi connectivity index (χ0) is 24.6.